The van der Waals surface area contributed by atoms with Crippen LogP contribution in [0.3, 0.4) is 0 Å². The van der Waals surface area contributed by atoms with Crippen LogP contribution in [0.25, 0.3) is 0 Å². The van der Waals surface area contributed by atoms with E-state index in [2.05, 4.69) is 9.98 Å². The van der Waals surface area contributed by atoms with Crippen LogP contribution in [0.15, 0.2) is 0 Å². The van der Waals surface area contributed by atoms with Gasteiger partial charge in [-0.1, -0.05) is 0 Å². The maximum absolute atomic E-state index is 8.64. The van der Waals surface area contributed by atoms with Crippen molar-refractivity contribution in [1.82, 2.24) is 0 Å². The number of hydrogen-bond acceptors (Lipinski definition) is 8. The zero-order valence-corrected chi connectivity index (χ0v) is 7.83. The van der Waals surface area contributed by atoms with Crippen LogP contribution in [0.4, 0.5) is 0 Å². The van der Waals surface area contributed by atoms with E-state index < -0.39 is 10.2 Å². The molecule has 0 saturated carbocycles. The van der Waals surface area contributed by atoms with Crippen LogP contribution in [0, 0.1) is 20.2 Å². The Bertz CT molecular complexity index is 96.7. The molecule has 0 aromatic carbocycles. The Morgan fingerprint density at radius 3 is 1.00 bits per heavy atom. The van der Waals surface area contributed by atoms with Crippen molar-refractivity contribution < 1.29 is 50.1 Å². The van der Waals surface area contributed by atoms with E-state index in [-0.39, 0.29) is 19.5 Å². The molecule has 0 aromatic heterocycles. The largest absolute Gasteiger partial charge is 2.00 e. The average Bonchev–Trinajstić information content (AvgIpc) is 1.89. The molecular formula is N2O8Zn. The van der Waals surface area contributed by atoms with E-state index in [0.29, 0.717) is 0 Å². The van der Waals surface area contributed by atoms with Gasteiger partial charge in [-0.05, 0) is 0 Å². The summed E-state index contributed by atoms with van der Waals surface area (Å²) in [6.07, 6.45) is 0. The maximum atomic E-state index is 8.64. The third-order valence-electron chi connectivity index (χ3n) is 0.122. The average molecular weight is 221 g/mol. The SMILES string of the molecule is O=[N+]([O-])O[O-].O=[N+]([O-])O[O-].[Zn+2]. The molecule has 0 amide bonds. The Morgan fingerprint density at radius 1 is 0.909 bits per heavy atom. The normalized spacial score (nSPS) is 6.00. The van der Waals surface area contributed by atoms with Gasteiger partial charge in [0.15, 0.2) is 0 Å². The van der Waals surface area contributed by atoms with Crippen LogP contribution in [0.2, 0.25) is 0 Å². The smallest absolute Gasteiger partial charge is 0.694 e. The molecule has 11 heteroatoms. The van der Waals surface area contributed by atoms with E-state index in [4.69, 9.17) is 30.7 Å². The van der Waals surface area contributed by atoms with Crippen LogP contribution < -0.4 is 10.5 Å². The van der Waals surface area contributed by atoms with Crippen LogP contribution in [-0.2, 0) is 29.5 Å². The third-order valence-corrected chi connectivity index (χ3v) is 0.122. The Labute approximate surface area is 71.2 Å². The van der Waals surface area contributed by atoms with Gasteiger partial charge in [-0.15, -0.1) is 20.2 Å². The molecule has 10 nitrogen and oxygen atoms in total. The zero-order valence-electron chi connectivity index (χ0n) is 4.87. The van der Waals surface area contributed by atoms with E-state index in [9.17, 15) is 0 Å². The van der Waals surface area contributed by atoms with Gasteiger partial charge in [0.2, 0.25) is 0 Å². The second-order valence-electron chi connectivity index (χ2n) is 0.596. The van der Waals surface area contributed by atoms with Gasteiger partial charge in [0.1, 0.15) is 0 Å². The summed E-state index contributed by atoms with van der Waals surface area (Å²) in [5.41, 5.74) is 0. The fourth-order valence-electron chi connectivity index (χ4n) is 0. The van der Waals surface area contributed by atoms with Crippen molar-refractivity contribution >= 4 is 0 Å². The monoisotopic (exact) mass is 220 g/mol. The molecule has 0 saturated heterocycles. The Hall–Kier alpha value is -1.06. The second kappa shape index (κ2) is 11.7. The van der Waals surface area contributed by atoms with Gasteiger partial charge in [0.25, 0.3) is 10.2 Å². The van der Waals surface area contributed by atoms with Gasteiger partial charge in [-0.2, -0.15) is 0 Å². The van der Waals surface area contributed by atoms with Gasteiger partial charge in [0, 0.05) is 0 Å². The van der Waals surface area contributed by atoms with Crippen molar-refractivity contribution in [2.45, 2.75) is 0 Å². The van der Waals surface area contributed by atoms with Gasteiger partial charge in [-0.3, -0.25) is 0 Å². The molecule has 0 aliphatic carbocycles. The predicted molar refractivity (Wildman–Crippen MR) is 16.2 cm³/mol. The summed E-state index contributed by atoms with van der Waals surface area (Å²) in [4.78, 5) is 21.7. The summed E-state index contributed by atoms with van der Waals surface area (Å²) in [5, 5.41) is 31.3. The Kier molecular flexibility index (Phi) is 17.6. The van der Waals surface area contributed by atoms with Crippen LogP contribution >= 0.6 is 0 Å². The number of rotatable bonds is 2. The molecule has 0 heterocycles. The summed E-state index contributed by atoms with van der Waals surface area (Å²) in [7, 11) is 0. The van der Waals surface area contributed by atoms with Gasteiger partial charge in [0.05, 0.1) is 0 Å². The Morgan fingerprint density at radius 2 is 1.00 bits per heavy atom. The summed E-state index contributed by atoms with van der Waals surface area (Å²) in [6.45, 7) is 0. The quantitative estimate of drug-likeness (QED) is 0.206. The molecule has 0 radical (unpaired) electrons. The summed E-state index contributed by atoms with van der Waals surface area (Å²) >= 11 is 0. The van der Waals surface area contributed by atoms with Crippen molar-refractivity contribution in [3.05, 3.63) is 20.2 Å². The first-order valence-electron chi connectivity index (χ1n) is 1.43. The molecule has 0 atom stereocenters. The molecule has 0 spiro atoms. The van der Waals surface area contributed by atoms with Gasteiger partial charge in [-0.25, -0.2) is 0 Å². The molecular weight excluding hydrogens is 221 g/mol. The minimum Gasteiger partial charge on any atom is -0.694 e. The zero-order chi connectivity index (χ0) is 8.57. The molecule has 0 aliphatic heterocycles. The van der Waals surface area contributed by atoms with Crippen molar-refractivity contribution in [2.24, 2.45) is 0 Å². The van der Waals surface area contributed by atoms with Crippen LogP contribution in [-0.4, -0.2) is 10.2 Å². The van der Waals surface area contributed by atoms with E-state index in [1.165, 1.54) is 0 Å². The second-order valence-corrected chi connectivity index (χ2v) is 0.596. The minimum absolute atomic E-state index is 0. The number of hydrogen-bond donors (Lipinski definition) is 0. The van der Waals surface area contributed by atoms with Crippen molar-refractivity contribution in [1.29, 1.82) is 0 Å². The summed E-state index contributed by atoms with van der Waals surface area (Å²) < 4.78 is 0. The van der Waals surface area contributed by atoms with Crippen molar-refractivity contribution in [3.8, 4) is 0 Å². The molecule has 0 aromatic rings. The van der Waals surface area contributed by atoms with E-state index >= 15 is 0 Å². The topological polar surface area (TPSA) is 151 Å². The maximum Gasteiger partial charge on any atom is 2.00 e. The fourth-order valence-corrected chi connectivity index (χ4v) is 0. The molecule has 0 rings (SSSR count). The molecule has 0 unspecified atom stereocenters. The van der Waals surface area contributed by atoms with Crippen LogP contribution in [0.1, 0.15) is 0 Å². The van der Waals surface area contributed by atoms with E-state index in [0.717, 1.165) is 0 Å². The van der Waals surface area contributed by atoms with E-state index in [1.54, 1.807) is 0 Å². The minimum atomic E-state index is -1.43. The first-order chi connectivity index (χ1) is 4.54. The van der Waals surface area contributed by atoms with Crippen molar-refractivity contribution in [3.63, 3.8) is 0 Å². The first kappa shape index (κ1) is 16.5. The summed E-state index contributed by atoms with van der Waals surface area (Å²) in [6, 6.07) is 0. The molecule has 60 valence electrons. The van der Waals surface area contributed by atoms with Gasteiger partial charge >= 0.3 is 19.5 Å². The molecule has 0 N–H and O–H groups in total. The first-order valence-corrected chi connectivity index (χ1v) is 1.43. The molecule has 11 heavy (non-hydrogen) atoms. The molecule has 0 bridgehead atoms. The number of nitrogens with zero attached hydrogens (tertiary/aromatic N) is 2. The summed E-state index contributed by atoms with van der Waals surface area (Å²) in [5.74, 6) is 0. The van der Waals surface area contributed by atoms with Crippen molar-refractivity contribution in [2.75, 3.05) is 0 Å². The third kappa shape index (κ3) is 49.8. The predicted octanol–water partition coefficient (Wildman–Crippen LogP) is -3.06. The standard InChI is InChI=1S/2HNO4.Zn/c2*2-1(3)5-4;/h2*4H;/q;;+2/p-2. The molecule has 0 aliphatic rings. The van der Waals surface area contributed by atoms with Crippen LogP contribution in [0.5, 0.6) is 0 Å². The molecule has 0 fully saturated rings. The Balaban J connectivity index is -0.000000107. The fraction of sp³-hybridized carbons (Fsp3) is 0. The van der Waals surface area contributed by atoms with Gasteiger partial charge < -0.3 is 20.5 Å². The van der Waals surface area contributed by atoms with E-state index in [1.807, 2.05) is 0 Å².